The summed E-state index contributed by atoms with van der Waals surface area (Å²) in [4.78, 5) is 12.7. The number of carbonyl (C=O) groups is 1. The topological polar surface area (TPSA) is 17.1 Å². The first-order valence-corrected chi connectivity index (χ1v) is 6.40. The van der Waals surface area contributed by atoms with Gasteiger partial charge in [-0.3, -0.25) is 4.79 Å². The van der Waals surface area contributed by atoms with Gasteiger partial charge in [0.1, 0.15) is 5.78 Å². The summed E-state index contributed by atoms with van der Waals surface area (Å²) in [6.45, 7) is 10.0. The Bertz CT molecular complexity index is 382. The molecule has 0 aliphatic carbocycles. The molecule has 0 N–H and O–H groups in total. The van der Waals surface area contributed by atoms with Gasteiger partial charge in [-0.1, -0.05) is 24.6 Å². The van der Waals surface area contributed by atoms with Crippen molar-refractivity contribution in [2.75, 3.05) is 0 Å². The average molecular weight is 236 g/mol. The zero-order chi connectivity index (χ0) is 12.3. The molecule has 0 spiro atoms. The van der Waals surface area contributed by atoms with Crippen molar-refractivity contribution in [1.82, 2.24) is 0 Å². The predicted molar refractivity (Wildman–Crippen MR) is 71.0 cm³/mol. The first kappa shape index (κ1) is 13.3. The minimum atomic E-state index is -0.0559. The molecule has 0 saturated heterocycles. The standard InChI is InChI=1S/C14H20OS/c1-10-7-6-8-13(9-10)16-14(4,5)11(2)12(3)15/h6-9,11H,1-5H3. The highest BCUT2D eigenvalue weighted by Gasteiger charge is 2.30. The zero-order valence-electron chi connectivity index (χ0n) is 10.7. The summed E-state index contributed by atoms with van der Waals surface area (Å²) < 4.78 is -0.0559. The van der Waals surface area contributed by atoms with Gasteiger partial charge in [0.15, 0.2) is 0 Å². The third kappa shape index (κ3) is 3.38. The summed E-state index contributed by atoms with van der Waals surface area (Å²) in [5, 5.41) is 0. The van der Waals surface area contributed by atoms with Crippen molar-refractivity contribution in [1.29, 1.82) is 0 Å². The normalized spacial score (nSPS) is 13.6. The lowest BCUT2D eigenvalue weighted by atomic mass is 9.93. The summed E-state index contributed by atoms with van der Waals surface area (Å²) in [6.07, 6.45) is 0. The van der Waals surface area contributed by atoms with Crippen LogP contribution in [0.4, 0.5) is 0 Å². The maximum absolute atomic E-state index is 11.4. The van der Waals surface area contributed by atoms with Crippen LogP contribution < -0.4 is 0 Å². The molecular weight excluding hydrogens is 216 g/mol. The number of rotatable bonds is 4. The molecule has 0 aliphatic rings. The van der Waals surface area contributed by atoms with Crippen LogP contribution in [0.2, 0.25) is 0 Å². The summed E-state index contributed by atoms with van der Waals surface area (Å²) in [5.74, 6) is 0.322. The smallest absolute Gasteiger partial charge is 0.134 e. The van der Waals surface area contributed by atoms with Crippen molar-refractivity contribution in [3.63, 3.8) is 0 Å². The van der Waals surface area contributed by atoms with E-state index in [4.69, 9.17) is 0 Å². The van der Waals surface area contributed by atoms with Crippen LogP contribution >= 0.6 is 11.8 Å². The van der Waals surface area contributed by atoms with Crippen molar-refractivity contribution >= 4 is 17.5 Å². The highest BCUT2D eigenvalue weighted by atomic mass is 32.2. The SMILES string of the molecule is CC(=O)C(C)C(C)(C)Sc1cccc(C)c1. The minimum absolute atomic E-state index is 0.0559. The molecule has 16 heavy (non-hydrogen) atoms. The highest BCUT2D eigenvalue weighted by Crippen LogP contribution is 2.38. The molecule has 0 bridgehead atoms. The number of thioether (sulfide) groups is 1. The minimum Gasteiger partial charge on any atom is -0.300 e. The molecule has 0 aromatic heterocycles. The Morgan fingerprint density at radius 3 is 2.50 bits per heavy atom. The molecule has 88 valence electrons. The van der Waals surface area contributed by atoms with E-state index in [0.717, 1.165) is 0 Å². The van der Waals surface area contributed by atoms with Crippen LogP contribution in [0.25, 0.3) is 0 Å². The van der Waals surface area contributed by atoms with E-state index in [1.807, 2.05) is 6.92 Å². The van der Waals surface area contributed by atoms with Crippen LogP contribution in [-0.4, -0.2) is 10.5 Å². The fourth-order valence-corrected chi connectivity index (χ4v) is 2.90. The number of ketones is 1. The maximum Gasteiger partial charge on any atom is 0.134 e. The number of hydrogen-bond acceptors (Lipinski definition) is 2. The van der Waals surface area contributed by atoms with E-state index in [2.05, 4.69) is 45.0 Å². The van der Waals surface area contributed by atoms with Gasteiger partial charge in [0, 0.05) is 15.6 Å². The number of aryl methyl sites for hydroxylation is 1. The van der Waals surface area contributed by atoms with Gasteiger partial charge in [0.2, 0.25) is 0 Å². The Labute approximate surface area is 103 Å². The predicted octanol–water partition coefficient (Wildman–Crippen LogP) is 4.09. The average Bonchev–Trinajstić information content (AvgIpc) is 2.15. The maximum atomic E-state index is 11.4. The number of benzene rings is 1. The molecule has 1 unspecified atom stereocenters. The Hall–Kier alpha value is -0.760. The van der Waals surface area contributed by atoms with Crippen molar-refractivity contribution in [2.45, 2.75) is 44.3 Å². The molecular formula is C14H20OS. The Kier molecular flexibility index (Phi) is 4.20. The van der Waals surface area contributed by atoms with Gasteiger partial charge >= 0.3 is 0 Å². The molecule has 0 radical (unpaired) electrons. The molecule has 1 aromatic rings. The van der Waals surface area contributed by atoms with Crippen LogP contribution in [0.3, 0.4) is 0 Å². The summed E-state index contributed by atoms with van der Waals surface area (Å²) in [6, 6.07) is 8.42. The number of Topliss-reactive ketones (excluding diaryl/α,β-unsaturated/α-hetero) is 1. The molecule has 1 rings (SSSR count). The second-order valence-electron chi connectivity index (χ2n) is 4.85. The second-order valence-corrected chi connectivity index (χ2v) is 6.58. The van der Waals surface area contributed by atoms with Gasteiger partial charge in [-0.05, 0) is 39.8 Å². The van der Waals surface area contributed by atoms with E-state index in [9.17, 15) is 4.79 Å². The van der Waals surface area contributed by atoms with Crippen LogP contribution in [0.1, 0.15) is 33.3 Å². The molecule has 1 atom stereocenters. The van der Waals surface area contributed by atoms with E-state index >= 15 is 0 Å². The van der Waals surface area contributed by atoms with Gasteiger partial charge in [0.25, 0.3) is 0 Å². The first-order valence-electron chi connectivity index (χ1n) is 5.59. The lowest BCUT2D eigenvalue weighted by Crippen LogP contribution is -2.30. The van der Waals surface area contributed by atoms with Crippen molar-refractivity contribution in [2.24, 2.45) is 5.92 Å². The third-order valence-corrected chi connectivity index (χ3v) is 4.39. The van der Waals surface area contributed by atoms with Gasteiger partial charge in [0.05, 0.1) is 0 Å². The molecule has 1 aromatic carbocycles. The Morgan fingerprint density at radius 2 is 2.00 bits per heavy atom. The van der Waals surface area contributed by atoms with Crippen molar-refractivity contribution < 1.29 is 4.79 Å². The van der Waals surface area contributed by atoms with Gasteiger partial charge in [-0.15, -0.1) is 11.8 Å². The van der Waals surface area contributed by atoms with Crippen LogP contribution in [0, 0.1) is 12.8 Å². The van der Waals surface area contributed by atoms with Gasteiger partial charge < -0.3 is 0 Å². The van der Waals surface area contributed by atoms with Crippen LogP contribution in [0.15, 0.2) is 29.2 Å². The summed E-state index contributed by atoms with van der Waals surface area (Å²) in [7, 11) is 0. The molecule has 0 amide bonds. The Balaban J connectivity index is 2.84. The van der Waals surface area contributed by atoms with E-state index in [-0.39, 0.29) is 16.4 Å². The summed E-state index contributed by atoms with van der Waals surface area (Å²) >= 11 is 1.78. The quantitative estimate of drug-likeness (QED) is 0.732. The molecule has 0 saturated carbocycles. The zero-order valence-corrected chi connectivity index (χ0v) is 11.5. The highest BCUT2D eigenvalue weighted by molar-refractivity contribution is 8.00. The lowest BCUT2D eigenvalue weighted by molar-refractivity contribution is -0.120. The molecule has 0 aliphatic heterocycles. The van der Waals surface area contributed by atoms with Crippen LogP contribution in [-0.2, 0) is 4.79 Å². The molecule has 0 fully saturated rings. The monoisotopic (exact) mass is 236 g/mol. The first-order chi connectivity index (χ1) is 7.33. The summed E-state index contributed by atoms with van der Waals surface area (Å²) in [5.41, 5.74) is 1.26. The number of carbonyl (C=O) groups excluding carboxylic acids is 1. The molecule has 2 heteroatoms. The van der Waals surface area contributed by atoms with Gasteiger partial charge in [-0.25, -0.2) is 0 Å². The van der Waals surface area contributed by atoms with E-state index in [1.54, 1.807) is 18.7 Å². The largest absolute Gasteiger partial charge is 0.300 e. The fraction of sp³-hybridized carbons (Fsp3) is 0.500. The molecule has 0 heterocycles. The van der Waals surface area contributed by atoms with Gasteiger partial charge in [-0.2, -0.15) is 0 Å². The van der Waals surface area contributed by atoms with E-state index < -0.39 is 0 Å². The Morgan fingerprint density at radius 1 is 1.38 bits per heavy atom. The van der Waals surface area contributed by atoms with Crippen LogP contribution in [0.5, 0.6) is 0 Å². The molecule has 1 nitrogen and oxygen atoms in total. The van der Waals surface area contributed by atoms with Crippen molar-refractivity contribution in [3.8, 4) is 0 Å². The lowest BCUT2D eigenvalue weighted by Gasteiger charge is -2.29. The van der Waals surface area contributed by atoms with Crippen molar-refractivity contribution in [3.05, 3.63) is 29.8 Å². The second kappa shape index (κ2) is 5.05. The van der Waals surface area contributed by atoms with E-state index in [0.29, 0.717) is 0 Å². The third-order valence-electron chi connectivity index (χ3n) is 3.02. The fourth-order valence-electron chi connectivity index (χ4n) is 1.56. The number of hydrogen-bond donors (Lipinski definition) is 0. The van der Waals surface area contributed by atoms with E-state index in [1.165, 1.54) is 10.5 Å².